The van der Waals surface area contributed by atoms with Gasteiger partial charge in [-0.2, -0.15) is 0 Å². The number of carbonyl (C=O) groups is 1. The summed E-state index contributed by atoms with van der Waals surface area (Å²) in [6.07, 6.45) is 3.87. The highest BCUT2D eigenvalue weighted by atomic mass is 35.5. The number of carbonyl (C=O) groups excluding carboxylic acids is 1. The summed E-state index contributed by atoms with van der Waals surface area (Å²) in [5.74, 6) is 0.270. The molecule has 1 aromatic carbocycles. The lowest BCUT2D eigenvalue weighted by Gasteiger charge is -2.10. The molecule has 0 saturated carbocycles. The average molecular weight is 339 g/mol. The van der Waals surface area contributed by atoms with Crippen molar-refractivity contribution in [3.05, 3.63) is 53.1 Å². The van der Waals surface area contributed by atoms with E-state index in [1.807, 2.05) is 12.1 Å². The van der Waals surface area contributed by atoms with Gasteiger partial charge < -0.3 is 10.6 Å². The van der Waals surface area contributed by atoms with Crippen LogP contribution in [0, 0.1) is 0 Å². The van der Waals surface area contributed by atoms with Gasteiger partial charge in [-0.15, -0.1) is 12.4 Å². The van der Waals surface area contributed by atoms with Crippen molar-refractivity contribution in [2.75, 3.05) is 18.4 Å². The Morgan fingerprint density at radius 2 is 2.00 bits per heavy atom. The van der Waals surface area contributed by atoms with Crippen molar-refractivity contribution in [1.82, 2.24) is 15.3 Å². The van der Waals surface area contributed by atoms with Gasteiger partial charge in [0, 0.05) is 12.2 Å². The van der Waals surface area contributed by atoms with E-state index in [9.17, 15) is 4.79 Å². The maximum atomic E-state index is 12.0. The van der Waals surface area contributed by atoms with Crippen molar-refractivity contribution in [3.63, 3.8) is 0 Å². The quantitative estimate of drug-likeness (QED) is 0.902. The fraction of sp³-hybridized carbons (Fsp3) is 0.267. The standard InChI is InChI=1S/C15H15ClN4O.ClH/c16-14-9-18-13(8-19-14)15(21)20-12-3-1-10(2-4-12)11-5-6-17-7-11;/h1-4,8-9,11,17H,5-7H2,(H,20,21);1H. The average Bonchev–Trinajstić information content (AvgIpc) is 3.03. The Morgan fingerprint density at radius 3 is 2.59 bits per heavy atom. The Labute approximate surface area is 139 Å². The molecule has 0 bridgehead atoms. The lowest BCUT2D eigenvalue weighted by atomic mass is 9.98. The molecular weight excluding hydrogens is 323 g/mol. The molecule has 7 heteroatoms. The maximum absolute atomic E-state index is 12.0. The zero-order valence-electron chi connectivity index (χ0n) is 11.8. The first-order valence-corrected chi connectivity index (χ1v) is 7.20. The first-order valence-electron chi connectivity index (χ1n) is 6.82. The number of aromatic nitrogens is 2. The second-order valence-corrected chi connectivity index (χ2v) is 5.38. The molecule has 5 nitrogen and oxygen atoms in total. The molecule has 0 aliphatic carbocycles. The van der Waals surface area contributed by atoms with E-state index in [4.69, 9.17) is 11.6 Å². The molecule has 1 amide bonds. The van der Waals surface area contributed by atoms with Gasteiger partial charge in [0.1, 0.15) is 10.8 Å². The molecule has 1 fully saturated rings. The third kappa shape index (κ3) is 3.94. The van der Waals surface area contributed by atoms with Gasteiger partial charge in [-0.3, -0.25) is 4.79 Å². The van der Waals surface area contributed by atoms with Crippen LogP contribution < -0.4 is 10.6 Å². The molecule has 2 heterocycles. The summed E-state index contributed by atoms with van der Waals surface area (Å²) in [5.41, 5.74) is 2.28. The van der Waals surface area contributed by atoms with Crippen LogP contribution in [-0.4, -0.2) is 29.0 Å². The molecule has 2 N–H and O–H groups in total. The largest absolute Gasteiger partial charge is 0.321 e. The number of hydrogen-bond donors (Lipinski definition) is 2. The van der Waals surface area contributed by atoms with E-state index in [-0.39, 0.29) is 29.2 Å². The summed E-state index contributed by atoms with van der Waals surface area (Å²) in [4.78, 5) is 19.8. The van der Waals surface area contributed by atoms with Crippen LogP contribution in [0.15, 0.2) is 36.7 Å². The molecule has 1 aliphatic rings. The maximum Gasteiger partial charge on any atom is 0.275 e. The fourth-order valence-electron chi connectivity index (χ4n) is 2.40. The van der Waals surface area contributed by atoms with Crippen LogP contribution >= 0.6 is 24.0 Å². The van der Waals surface area contributed by atoms with Crippen LogP contribution in [0.1, 0.15) is 28.4 Å². The monoisotopic (exact) mass is 338 g/mol. The molecule has 0 spiro atoms. The van der Waals surface area contributed by atoms with Gasteiger partial charge in [-0.1, -0.05) is 23.7 Å². The third-order valence-corrected chi connectivity index (χ3v) is 3.75. The molecule has 1 atom stereocenters. The van der Waals surface area contributed by atoms with Crippen molar-refractivity contribution in [2.45, 2.75) is 12.3 Å². The highest BCUT2D eigenvalue weighted by Crippen LogP contribution is 2.23. The van der Waals surface area contributed by atoms with Crippen molar-refractivity contribution < 1.29 is 4.79 Å². The van der Waals surface area contributed by atoms with Gasteiger partial charge in [0.15, 0.2) is 0 Å². The van der Waals surface area contributed by atoms with Crippen LogP contribution in [0.2, 0.25) is 5.15 Å². The van der Waals surface area contributed by atoms with Crippen LogP contribution in [0.4, 0.5) is 5.69 Å². The van der Waals surface area contributed by atoms with E-state index in [0.717, 1.165) is 25.2 Å². The highest BCUT2D eigenvalue weighted by molar-refractivity contribution is 6.29. The summed E-state index contributed by atoms with van der Waals surface area (Å²) in [6, 6.07) is 7.94. The molecule has 3 rings (SSSR count). The molecule has 116 valence electrons. The Hall–Kier alpha value is -1.69. The second-order valence-electron chi connectivity index (χ2n) is 4.99. The second kappa shape index (κ2) is 7.54. The number of hydrogen-bond acceptors (Lipinski definition) is 4. The Bertz CT molecular complexity index is 625. The van der Waals surface area contributed by atoms with E-state index in [2.05, 4.69) is 32.7 Å². The number of rotatable bonds is 3. The zero-order chi connectivity index (χ0) is 14.7. The van der Waals surface area contributed by atoms with Gasteiger partial charge in [0.05, 0.1) is 12.4 Å². The van der Waals surface area contributed by atoms with Crippen LogP contribution in [-0.2, 0) is 0 Å². The van der Waals surface area contributed by atoms with E-state index in [1.165, 1.54) is 18.0 Å². The summed E-state index contributed by atoms with van der Waals surface area (Å²) in [6.45, 7) is 2.09. The lowest BCUT2D eigenvalue weighted by Crippen LogP contribution is -2.14. The van der Waals surface area contributed by atoms with Gasteiger partial charge in [0.2, 0.25) is 0 Å². The molecule has 0 radical (unpaired) electrons. The third-order valence-electron chi connectivity index (χ3n) is 3.55. The molecule has 1 saturated heterocycles. The molecular formula is C15H16Cl2N4O. The molecule has 2 aromatic rings. The first-order chi connectivity index (χ1) is 10.2. The topological polar surface area (TPSA) is 66.9 Å². The Morgan fingerprint density at radius 1 is 1.23 bits per heavy atom. The summed E-state index contributed by atoms with van der Waals surface area (Å²) >= 11 is 5.65. The minimum Gasteiger partial charge on any atom is -0.321 e. The number of benzene rings is 1. The van der Waals surface area contributed by atoms with Gasteiger partial charge in [-0.25, -0.2) is 9.97 Å². The van der Waals surface area contributed by atoms with Crippen molar-refractivity contribution in [3.8, 4) is 0 Å². The summed E-state index contributed by atoms with van der Waals surface area (Å²) in [7, 11) is 0. The highest BCUT2D eigenvalue weighted by Gasteiger charge is 2.16. The molecule has 1 aromatic heterocycles. The van der Waals surface area contributed by atoms with Crippen LogP contribution in [0.25, 0.3) is 0 Å². The number of anilines is 1. The minimum atomic E-state index is -0.297. The Kier molecular flexibility index (Phi) is 5.71. The van der Waals surface area contributed by atoms with Crippen molar-refractivity contribution >= 4 is 35.6 Å². The summed E-state index contributed by atoms with van der Waals surface area (Å²) in [5, 5.41) is 6.41. The van der Waals surface area contributed by atoms with E-state index in [0.29, 0.717) is 5.92 Å². The predicted octanol–water partition coefficient (Wildman–Crippen LogP) is 2.88. The van der Waals surface area contributed by atoms with Gasteiger partial charge >= 0.3 is 0 Å². The summed E-state index contributed by atoms with van der Waals surface area (Å²) < 4.78 is 0. The van der Waals surface area contributed by atoms with Gasteiger partial charge in [0.25, 0.3) is 5.91 Å². The molecule has 22 heavy (non-hydrogen) atoms. The van der Waals surface area contributed by atoms with Gasteiger partial charge in [-0.05, 0) is 36.6 Å². The SMILES string of the molecule is Cl.O=C(Nc1ccc(C2CCNC2)cc1)c1cnc(Cl)cn1. The van der Waals surface area contributed by atoms with Crippen LogP contribution in [0.3, 0.4) is 0 Å². The van der Waals surface area contributed by atoms with Crippen LogP contribution in [0.5, 0.6) is 0 Å². The first kappa shape index (κ1) is 16.7. The van der Waals surface area contributed by atoms with E-state index < -0.39 is 0 Å². The number of halogens is 2. The smallest absolute Gasteiger partial charge is 0.275 e. The fourth-order valence-corrected chi connectivity index (χ4v) is 2.50. The Balaban J connectivity index is 0.00000176. The van der Waals surface area contributed by atoms with E-state index in [1.54, 1.807) is 0 Å². The van der Waals surface area contributed by atoms with Crippen molar-refractivity contribution in [2.24, 2.45) is 0 Å². The number of nitrogens with one attached hydrogen (secondary N) is 2. The normalized spacial score (nSPS) is 16.9. The number of amides is 1. The van der Waals surface area contributed by atoms with Crippen molar-refractivity contribution in [1.29, 1.82) is 0 Å². The van der Waals surface area contributed by atoms with E-state index >= 15 is 0 Å². The lowest BCUT2D eigenvalue weighted by molar-refractivity contribution is 0.102. The zero-order valence-corrected chi connectivity index (χ0v) is 13.3. The number of nitrogens with zero attached hydrogens (tertiary/aromatic N) is 2. The predicted molar refractivity (Wildman–Crippen MR) is 88.9 cm³/mol. The molecule has 1 unspecified atom stereocenters. The molecule has 1 aliphatic heterocycles. The minimum absolute atomic E-state index is 0.